The minimum absolute atomic E-state index is 0.231. The van der Waals surface area contributed by atoms with Crippen molar-refractivity contribution in [1.29, 1.82) is 0 Å². The molecule has 5 heteroatoms. The summed E-state index contributed by atoms with van der Waals surface area (Å²) >= 11 is 0. The molecule has 24 heavy (non-hydrogen) atoms. The topological polar surface area (TPSA) is 54.2 Å². The molecular weight excluding hydrogens is 300 g/mol. The van der Waals surface area contributed by atoms with Crippen LogP contribution in [-0.4, -0.2) is 34.5 Å². The van der Waals surface area contributed by atoms with E-state index < -0.39 is 0 Å². The molecule has 1 N–H and O–H groups in total. The fourth-order valence-electron chi connectivity index (χ4n) is 3.46. The lowest BCUT2D eigenvalue weighted by Gasteiger charge is -2.33. The Morgan fingerprint density at radius 1 is 1.04 bits per heavy atom. The van der Waals surface area contributed by atoms with Crippen molar-refractivity contribution in [3.8, 4) is 0 Å². The number of nitrogens with one attached hydrogen (secondary N) is 1. The molecule has 0 aliphatic carbocycles. The van der Waals surface area contributed by atoms with Gasteiger partial charge in [-0.05, 0) is 50.2 Å². The third-order valence-corrected chi connectivity index (χ3v) is 4.71. The quantitative estimate of drug-likeness (QED) is 0.773. The summed E-state index contributed by atoms with van der Waals surface area (Å²) in [5.41, 5.74) is 0.961. The first-order chi connectivity index (χ1) is 11.9. The van der Waals surface area contributed by atoms with E-state index in [4.69, 9.17) is 4.42 Å². The van der Waals surface area contributed by atoms with E-state index in [-0.39, 0.29) is 6.04 Å². The smallest absolute Gasteiger partial charge is 0.137 e. The van der Waals surface area contributed by atoms with Crippen LogP contribution < -0.4 is 5.32 Å². The first-order valence-electron chi connectivity index (χ1n) is 8.63. The molecule has 2 aromatic heterocycles. The van der Waals surface area contributed by atoms with Crippen molar-refractivity contribution in [2.24, 2.45) is 0 Å². The molecule has 1 atom stereocenters. The maximum atomic E-state index is 5.71. The van der Waals surface area contributed by atoms with E-state index in [0.717, 1.165) is 42.1 Å². The number of anilines is 1. The summed E-state index contributed by atoms with van der Waals surface area (Å²) in [4.78, 5) is 11.3. The number of fused-ring (bicyclic) bond motifs is 1. The number of aromatic nitrogens is 2. The van der Waals surface area contributed by atoms with E-state index in [1.165, 1.54) is 19.3 Å². The molecule has 5 nitrogen and oxygen atoms in total. The highest BCUT2D eigenvalue weighted by Crippen LogP contribution is 2.26. The maximum Gasteiger partial charge on any atom is 0.137 e. The van der Waals surface area contributed by atoms with Gasteiger partial charge in [0.25, 0.3) is 0 Å². The SMILES string of the molecule is c1coc([C@@H](CNc2ncnc3ccccc23)N2CCCCC2)c1. The molecule has 1 aromatic carbocycles. The highest BCUT2D eigenvalue weighted by Gasteiger charge is 2.24. The maximum absolute atomic E-state index is 5.71. The molecule has 0 radical (unpaired) electrons. The normalized spacial score (nSPS) is 17.0. The van der Waals surface area contributed by atoms with Crippen LogP contribution in [0.25, 0.3) is 10.9 Å². The largest absolute Gasteiger partial charge is 0.468 e. The van der Waals surface area contributed by atoms with Gasteiger partial charge in [-0.25, -0.2) is 9.97 Å². The summed E-state index contributed by atoms with van der Waals surface area (Å²) in [6.45, 7) is 3.02. The fourth-order valence-corrected chi connectivity index (χ4v) is 3.46. The Labute approximate surface area is 141 Å². The Balaban J connectivity index is 1.56. The second-order valence-corrected chi connectivity index (χ2v) is 6.25. The van der Waals surface area contributed by atoms with Crippen LogP contribution >= 0.6 is 0 Å². The molecule has 124 valence electrons. The molecular formula is C19H22N4O. The predicted molar refractivity (Wildman–Crippen MR) is 94.9 cm³/mol. The van der Waals surface area contributed by atoms with Crippen molar-refractivity contribution in [3.63, 3.8) is 0 Å². The number of benzene rings is 1. The molecule has 0 saturated carbocycles. The van der Waals surface area contributed by atoms with Gasteiger partial charge < -0.3 is 9.73 Å². The fraction of sp³-hybridized carbons (Fsp3) is 0.368. The van der Waals surface area contributed by atoms with Gasteiger partial charge in [0.05, 0.1) is 17.8 Å². The van der Waals surface area contributed by atoms with Crippen LogP contribution in [0, 0.1) is 0 Å². The van der Waals surface area contributed by atoms with E-state index in [1.807, 2.05) is 24.3 Å². The number of likely N-dealkylation sites (tertiary alicyclic amines) is 1. The van der Waals surface area contributed by atoms with Crippen molar-refractivity contribution in [3.05, 3.63) is 54.7 Å². The lowest BCUT2D eigenvalue weighted by atomic mass is 10.1. The van der Waals surface area contributed by atoms with Gasteiger partial charge >= 0.3 is 0 Å². The molecule has 0 amide bonds. The van der Waals surface area contributed by atoms with Crippen LogP contribution in [-0.2, 0) is 0 Å². The number of hydrogen-bond acceptors (Lipinski definition) is 5. The first-order valence-corrected chi connectivity index (χ1v) is 8.63. The van der Waals surface area contributed by atoms with E-state index >= 15 is 0 Å². The zero-order valence-electron chi connectivity index (χ0n) is 13.7. The molecule has 0 spiro atoms. The van der Waals surface area contributed by atoms with Crippen molar-refractivity contribution >= 4 is 16.7 Å². The Morgan fingerprint density at radius 3 is 2.75 bits per heavy atom. The summed E-state index contributed by atoms with van der Waals surface area (Å²) in [5.74, 6) is 1.90. The van der Waals surface area contributed by atoms with Crippen molar-refractivity contribution in [2.45, 2.75) is 25.3 Å². The van der Waals surface area contributed by atoms with E-state index in [2.05, 4.69) is 32.3 Å². The number of para-hydroxylation sites is 1. The molecule has 0 unspecified atom stereocenters. The van der Waals surface area contributed by atoms with Crippen LogP contribution in [0.15, 0.2) is 53.4 Å². The van der Waals surface area contributed by atoms with Crippen molar-refractivity contribution < 1.29 is 4.42 Å². The number of piperidine rings is 1. The predicted octanol–water partition coefficient (Wildman–Crippen LogP) is 3.86. The Morgan fingerprint density at radius 2 is 1.92 bits per heavy atom. The van der Waals surface area contributed by atoms with Crippen molar-refractivity contribution in [1.82, 2.24) is 14.9 Å². The number of rotatable bonds is 5. The van der Waals surface area contributed by atoms with Gasteiger partial charge in [0.15, 0.2) is 0 Å². The summed E-state index contributed by atoms with van der Waals surface area (Å²) in [6.07, 6.45) is 7.21. The number of furan rings is 1. The van der Waals surface area contributed by atoms with Gasteiger partial charge in [0.2, 0.25) is 0 Å². The van der Waals surface area contributed by atoms with E-state index in [9.17, 15) is 0 Å². The lowest BCUT2D eigenvalue weighted by molar-refractivity contribution is 0.153. The van der Waals surface area contributed by atoms with Crippen LogP contribution in [0.3, 0.4) is 0 Å². The average molecular weight is 322 g/mol. The highest BCUT2D eigenvalue weighted by atomic mass is 16.3. The summed E-state index contributed by atoms with van der Waals surface area (Å²) < 4.78 is 5.71. The number of hydrogen-bond donors (Lipinski definition) is 1. The molecule has 4 rings (SSSR count). The van der Waals surface area contributed by atoms with Crippen LogP contribution in [0.4, 0.5) is 5.82 Å². The average Bonchev–Trinajstić information content (AvgIpc) is 3.17. The third kappa shape index (κ3) is 3.12. The molecule has 3 aromatic rings. The minimum Gasteiger partial charge on any atom is -0.468 e. The Kier molecular flexibility index (Phi) is 4.42. The molecule has 3 heterocycles. The molecule has 1 aliphatic rings. The third-order valence-electron chi connectivity index (χ3n) is 4.71. The second kappa shape index (κ2) is 7.01. The zero-order valence-corrected chi connectivity index (χ0v) is 13.7. The Bertz CT molecular complexity index is 776. The van der Waals surface area contributed by atoms with Gasteiger partial charge in [-0.3, -0.25) is 4.90 Å². The van der Waals surface area contributed by atoms with Gasteiger partial charge in [0, 0.05) is 11.9 Å². The van der Waals surface area contributed by atoms with E-state index in [1.54, 1.807) is 12.6 Å². The summed E-state index contributed by atoms with van der Waals surface area (Å²) in [6, 6.07) is 12.3. The van der Waals surface area contributed by atoms with Gasteiger partial charge in [0.1, 0.15) is 17.9 Å². The Hall–Kier alpha value is -2.40. The zero-order chi connectivity index (χ0) is 16.2. The van der Waals surface area contributed by atoms with Gasteiger partial charge in [-0.1, -0.05) is 18.6 Å². The summed E-state index contributed by atoms with van der Waals surface area (Å²) in [5, 5.41) is 4.57. The molecule has 1 saturated heterocycles. The molecule has 1 fully saturated rings. The van der Waals surface area contributed by atoms with Crippen molar-refractivity contribution in [2.75, 3.05) is 25.0 Å². The van der Waals surface area contributed by atoms with E-state index in [0.29, 0.717) is 0 Å². The number of nitrogens with zero attached hydrogens (tertiary/aromatic N) is 3. The molecule has 1 aliphatic heterocycles. The van der Waals surface area contributed by atoms with Gasteiger partial charge in [-0.2, -0.15) is 0 Å². The highest BCUT2D eigenvalue weighted by molar-refractivity contribution is 5.88. The summed E-state index contributed by atoms with van der Waals surface area (Å²) in [7, 11) is 0. The lowest BCUT2D eigenvalue weighted by Crippen LogP contribution is -2.37. The molecule has 0 bridgehead atoms. The van der Waals surface area contributed by atoms with Gasteiger partial charge in [-0.15, -0.1) is 0 Å². The monoisotopic (exact) mass is 322 g/mol. The van der Waals surface area contributed by atoms with Crippen LogP contribution in [0.2, 0.25) is 0 Å². The van der Waals surface area contributed by atoms with Crippen LogP contribution in [0.5, 0.6) is 0 Å². The standard InChI is InChI=1S/C19H22N4O/c1-4-10-23(11-5-1)17(18-9-6-12-24-18)13-20-19-15-7-2-3-8-16(15)21-14-22-19/h2-3,6-9,12,14,17H,1,4-5,10-11,13H2,(H,20,21,22)/t17-/m1/s1. The minimum atomic E-state index is 0.231. The second-order valence-electron chi connectivity index (χ2n) is 6.25. The van der Waals surface area contributed by atoms with Crippen LogP contribution in [0.1, 0.15) is 31.1 Å². The first kappa shape index (κ1) is 15.1.